The summed E-state index contributed by atoms with van der Waals surface area (Å²) in [6.07, 6.45) is 0.659. The number of amides is 3. The summed E-state index contributed by atoms with van der Waals surface area (Å²) in [6.45, 7) is 1.10. The van der Waals surface area contributed by atoms with Crippen molar-refractivity contribution in [3.8, 4) is 5.75 Å². The average molecular weight is 288 g/mol. The highest BCUT2D eigenvalue weighted by Crippen LogP contribution is 2.31. The van der Waals surface area contributed by atoms with Crippen LogP contribution in [0.5, 0.6) is 5.75 Å². The second-order valence-electron chi connectivity index (χ2n) is 5.05. The fourth-order valence-corrected chi connectivity index (χ4v) is 2.64. The molecule has 1 fully saturated rings. The molecule has 0 N–H and O–H groups in total. The number of hydrogen-bond acceptors (Lipinski definition) is 4. The maximum atomic E-state index is 12.4. The van der Waals surface area contributed by atoms with Crippen molar-refractivity contribution in [2.45, 2.75) is 19.3 Å². The van der Waals surface area contributed by atoms with Crippen LogP contribution in [0.3, 0.4) is 0 Å². The number of carbonyl (C=O) groups is 3. The van der Waals surface area contributed by atoms with Crippen LogP contribution in [0.1, 0.15) is 19.3 Å². The van der Waals surface area contributed by atoms with Crippen LogP contribution in [0, 0.1) is 0 Å². The molecular formula is C15H16N2O4. The molecule has 2 heterocycles. The number of nitrogens with zero attached hydrogens (tertiary/aromatic N) is 2. The van der Waals surface area contributed by atoms with Crippen LogP contribution in [0.15, 0.2) is 24.3 Å². The highest BCUT2D eigenvalue weighted by molar-refractivity contribution is 6.02. The van der Waals surface area contributed by atoms with Crippen LogP contribution < -0.4 is 9.64 Å². The van der Waals surface area contributed by atoms with Crippen LogP contribution >= 0.6 is 0 Å². The van der Waals surface area contributed by atoms with Gasteiger partial charge in [0.2, 0.25) is 17.7 Å². The van der Waals surface area contributed by atoms with E-state index in [0.29, 0.717) is 18.9 Å². The van der Waals surface area contributed by atoms with E-state index in [1.54, 1.807) is 4.90 Å². The van der Waals surface area contributed by atoms with E-state index < -0.39 is 0 Å². The van der Waals surface area contributed by atoms with E-state index >= 15 is 0 Å². The molecule has 0 spiro atoms. The standard InChI is InChI=1S/C15H16N2O4/c18-13-5-6-14(19)17(13)8-7-15(20)16-9-10-21-12-4-2-1-3-11(12)16/h1-4H,5-10H2. The zero-order valence-corrected chi connectivity index (χ0v) is 11.6. The Labute approximate surface area is 122 Å². The summed E-state index contributed by atoms with van der Waals surface area (Å²) >= 11 is 0. The molecule has 3 amide bonds. The van der Waals surface area contributed by atoms with Crippen LogP contribution in [-0.2, 0) is 14.4 Å². The average Bonchev–Trinajstić information content (AvgIpc) is 2.83. The minimum Gasteiger partial charge on any atom is -0.490 e. The second-order valence-corrected chi connectivity index (χ2v) is 5.05. The number of anilines is 1. The fraction of sp³-hybridized carbons (Fsp3) is 0.400. The Kier molecular flexibility index (Phi) is 3.60. The zero-order chi connectivity index (χ0) is 14.8. The van der Waals surface area contributed by atoms with E-state index in [1.807, 2.05) is 24.3 Å². The van der Waals surface area contributed by atoms with Crippen molar-refractivity contribution in [2.24, 2.45) is 0 Å². The summed E-state index contributed by atoms with van der Waals surface area (Å²) in [6, 6.07) is 7.36. The molecule has 1 aromatic carbocycles. The Morgan fingerprint density at radius 2 is 1.86 bits per heavy atom. The van der Waals surface area contributed by atoms with Crippen LogP contribution in [-0.4, -0.2) is 42.3 Å². The predicted octanol–water partition coefficient (Wildman–Crippen LogP) is 0.951. The Bertz CT molecular complexity index is 583. The molecule has 21 heavy (non-hydrogen) atoms. The number of rotatable bonds is 3. The second kappa shape index (κ2) is 5.55. The molecule has 1 aromatic rings. The molecule has 0 unspecified atom stereocenters. The minimum atomic E-state index is -0.185. The van der Waals surface area contributed by atoms with Gasteiger partial charge in [-0.15, -0.1) is 0 Å². The third-order valence-electron chi connectivity index (χ3n) is 3.73. The van der Waals surface area contributed by atoms with E-state index in [0.717, 1.165) is 5.69 Å². The first kappa shape index (κ1) is 13.6. The number of likely N-dealkylation sites (tertiary alicyclic amines) is 1. The highest BCUT2D eigenvalue weighted by atomic mass is 16.5. The molecule has 0 saturated carbocycles. The Morgan fingerprint density at radius 1 is 1.14 bits per heavy atom. The summed E-state index contributed by atoms with van der Waals surface area (Å²) in [4.78, 5) is 38.3. The lowest BCUT2D eigenvalue weighted by molar-refractivity contribution is -0.138. The molecule has 2 aliphatic heterocycles. The Hall–Kier alpha value is -2.37. The highest BCUT2D eigenvalue weighted by Gasteiger charge is 2.30. The van der Waals surface area contributed by atoms with Gasteiger partial charge >= 0.3 is 0 Å². The summed E-state index contributed by atoms with van der Waals surface area (Å²) < 4.78 is 5.50. The summed E-state index contributed by atoms with van der Waals surface area (Å²) in [5, 5.41) is 0. The fourth-order valence-electron chi connectivity index (χ4n) is 2.64. The van der Waals surface area contributed by atoms with E-state index in [-0.39, 0.29) is 43.5 Å². The van der Waals surface area contributed by atoms with Gasteiger partial charge in [-0.3, -0.25) is 19.3 Å². The normalized spacial score (nSPS) is 17.7. The number of fused-ring (bicyclic) bond motifs is 1. The van der Waals surface area contributed by atoms with E-state index in [2.05, 4.69) is 0 Å². The summed E-state index contributed by atoms with van der Waals surface area (Å²) in [5.74, 6) is 0.217. The van der Waals surface area contributed by atoms with Gasteiger partial charge < -0.3 is 9.64 Å². The number of benzene rings is 1. The van der Waals surface area contributed by atoms with Crippen molar-refractivity contribution in [1.82, 2.24) is 4.90 Å². The van der Waals surface area contributed by atoms with Gasteiger partial charge in [-0.05, 0) is 12.1 Å². The van der Waals surface area contributed by atoms with Crippen molar-refractivity contribution in [1.29, 1.82) is 0 Å². The molecule has 6 heteroatoms. The van der Waals surface area contributed by atoms with Crippen LogP contribution in [0.4, 0.5) is 5.69 Å². The maximum Gasteiger partial charge on any atom is 0.229 e. The first-order valence-electron chi connectivity index (χ1n) is 7.02. The predicted molar refractivity (Wildman–Crippen MR) is 74.9 cm³/mol. The quantitative estimate of drug-likeness (QED) is 0.777. The van der Waals surface area contributed by atoms with Gasteiger partial charge in [-0.2, -0.15) is 0 Å². The molecule has 0 aromatic heterocycles. The lowest BCUT2D eigenvalue weighted by Crippen LogP contribution is -2.40. The molecule has 2 aliphatic rings. The number of imide groups is 1. The van der Waals surface area contributed by atoms with Crippen molar-refractivity contribution in [3.05, 3.63) is 24.3 Å². The molecular weight excluding hydrogens is 272 g/mol. The molecule has 1 saturated heterocycles. The monoisotopic (exact) mass is 288 g/mol. The van der Waals surface area contributed by atoms with Crippen molar-refractivity contribution in [2.75, 3.05) is 24.6 Å². The number of hydrogen-bond donors (Lipinski definition) is 0. The SMILES string of the molecule is O=C1CCC(=O)N1CCC(=O)N1CCOc2ccccc21. The number of ether oxygens (including phenoxy) is 1. The van der Waals surface area contributed by atoms with Crippen LogP contribution in [0.25, 0.3) is 0 Å². The molecule has 6 nitrogen and oxygen atoms in total. The van der Waals surface area contributed by atoms with Gasteiger partial charge in [-0.25, -0.2) is 0 Å². The number of para-hydroxylation sites is 2. The van der Waals surface area contributed by atoms with Crippen molar-refractivity contribution >= 4 is 23.4 Å². The summed E-state index contributed by atoms with van der Waals surface area (Å²) in [5.41, 5.74) is 0.743. The molecule has 0 bridgehead atoms. The zero-order valence-electron chi connectivity index (χ0n) is 11.6. The molecule has 3 rings (SSSR count). The Balaban J connectivity index is 1.67. The molecule has 0 aliphatic carbocycles. The van der Waals surface area contributed by atoms with Crippen molar-refractivity contribution < 1.29 is 19.1 Å². The van der Waals surface area contributed by atoms with Crippen LogP contribution in [0.2, 0.25) is 0 Å². The molecule has 0 atom stereocenters. The first-order chi connectivity index (χ1) is 10.2. The summed E-state index contributed by atoms with van der Waals surface area (Å²) in [7, 11) is 0. The topological polar surface area (TPSA) is 66.9 Å². The lowest BCUT2D eigenvalue weighted by atomic mass is 10.2. The van der Waals surface area contributed by atoms with Crippen molar-refractivity contribution in [3.63, 3.8) is 0 Å². The Morgan fingerprint density at radius 3 is 2.62 bits per heavy atom. The molecule has 0 radical (unpaired) electrons. The maximum absolute atomic E-state index is 12.4. The lowest BCUT2D eigenvalue weighted by Gasteiger charge is -2.29. The van der Waals surface area contributed by atoms with E-state index in [9.17, 15) is 14.4 Å². The van der Waals surface area contributed by atoms with E-state index in [4.69, 9.17) is 4.74 Å². The van der Waals surface area contributed by atoms with Gasteiger partial charge in [-0.1, -0.05) is 12.1 Å². The van der Waals surface area contributed by atoms with Gasteiger partial charge in [0.25, 0.3) is 0 Å². The third-order valence-corrected chi connectivity index (χ3v) is 3.73. The molecule has 110 valence electrons. The number of carbonyl (C=O) groups excluding carboxylic acids is 3. The largest absolute Gasteiger partial charge is 0.490 e. The van der Waals surface area contributed by atoms with E-state index in [1.165, 1.54) is 4.90 Å². The third kappa shape index (κ3) is 2.61. The van der Waals surface area contributed by atoms with Gasteiger partial charge in [0.05, 0.1) is 12.2 Å². The van der Waals surface area contributed by atoms with Gasteiger partial charge in [0.1, 0.15) is 12.4 Å². The minimum absolute atomic E-state index is 0.0988. The first-order valence-corrected chi connectivity index (χ1v) is 7.02. The van der Waals surface area contributed by atoms with Gasteiger partial charge in [0, 0.05) is 25.8 Å². The smallest absolute Gasteiger partial charge is 0.229 e. The van der Waals surface area contributed by atoms with Gasteiger partial charge in [0.15, 0.2) is 0 Å².